The maximum Gasteiger partial charge on any atom is 0.332 e. The Morgan fingerprint density at radius 3 is 2.58 bits per heavy atom. The van der Waals surface area contributed by atoms with Gasteiger partial charge >= 0.3 is 11.7 Å². The number of amides is 1. The Morgan fingerprint density at radius 1 is 1.23 bits per heavy atom. The van der Waals surface area contributed by atoms with Crippen molar-refractivity contribution in [1.82, 2.24) is 23.6 Å². The fraction of sp³-hybridized carbons (Fsp3) is 0.562. The first kappa shape index (κ1) is 19.4. The number of likely N-dealkylation sites (N-methyl/N-ethyl adjacent to an activating group) is 1. The molecule has 0 aliphatic rings. The smallest absolute Gasteiger partial charge is 0.332 e. The minimum absolute atomic E-state index is 0.123. The van der Waals surface area contributed by atoms with Crippen LogP contribution in [-0.4, -0.2) is 55.7 Å². The Balaban J connectivity index is 2.10. The molecule has 0 saturated carbocycles. The van der Waals surface area contributed by atoms with Gasteiger partial charge in [-0.3, -0.25) is 23.5 Å². The van der Waals surface area contributed by atoms with E-state index >= 15 is 0 Å². The van der Waals surface area contributed by atoms with Crippen LogP contribution < -0.4 is 11.2 Å². The number of ether oxygens (including phenoxy) is 1. The third-order valence-corrected chi connectivity index (χ3v) is 4.15. The summed E-state index contributed by atoms with van der Waals surface area (Å²) in [5, 5.41) is 0. The van der Waals surface area contributed by atoms with Gasteiger partial charge in [0, 0.05) is 27.7 Å². The molecule has 0 aliphatic heterocycles. The Hall–Kier alpha value is -2.91. The summed E-state index contributed by atoms with van der Waals surface area (Å²) in [6, 6.07) is 0. The van der Waals surface area contributed by atoms with Crippen LogP contribution in [0.4, 0.5) is 0 Å². The van der Waals surface area contributed by atoms with Gasteiger partial charge in [0.2, 0.25) is 0 Å². The summed E-state index contributed by atoms with van der Waals surface area (Å²) in [6.45, 7) is 1.98. The van der Waals surface area contributed by atoms with E-state index in [1.54, 1.807) is 7.05 Å². The van der Waals surface area contributed by atoms with Crippen molar-refractivity contribution >= 4 is 23.0 Å². The maximum absolute atomic E-state index is 12.3. The van der Waals surface area contributed by atoms with E-state index in [2.05, 4.69) is 4.98 Å². The topological polar surface area (TPSA) is 108 Å². The lowest BCUT2D eigenvalue weighted by atomic mass is 10.3. The molecule has 0 aliphatic carbocycles. The van der Waals surface area contributed by atoms with Crippen molar-refractivity contribution in [1.29, 1.82) is 0 Å². The second kappa shape index (κ2) is 7.98. The monoisotopic (exact) mass is 365 g/mol. The van der Waals surface area contributed by atoms with Gasteiger partial charge in [-0.1, -0.05) is 13.3 Å². The number of aromatic nitrogens is 4. The average molecular weight is 365 g/mol. The van der Waals surface area contributed by atoms with Crippen molar-refractivity contribution in [3.63, 3.8) is 0 Å². The number of esters is 1. The maximum atomic E-state index is 12.3. The van der Waals surface area contributed by atoms with E-state index in [0.717, 1.165) is 17.4 Å². The van der Waals surface area contributed by atoms with Crippen molar-refractivity contribution in [2.24, 2.45) is 14.1 Å². The molecular formula is C16H23N5O5. The van der Waals surface area contributed by atoms with Crippen LogP contribution in [0.25, 0.3) is 11.2 Å². The largest absolute Gasteiger partial charge is 0.454 e. The van der Waals surface area contributed by atoms with Crippen LogP contribution in [0.5, 0.6) is 0 Å². The van der Waals surface area contributed by atoms with Crippen LogP contribution in [0.2, 0.25) is 0 Å². The molecule has 10 nitrogen and oxygen atoms in total. The van der Waals surface area contributed by atoms with Crippen LogP contribution in [0.1, 0.15) is 19.8 Å². The number of carbonyl (C=O) groups excluding carboxylic acids is 2. The first-order valence-electron chi connectivity index (χ1n) is 8.28. The van der Waals surface area contributed by atoms with E-state index in [1.807, 2.05) is 6.92 Å². The number of hydrogen-bond acceptors (Lipinski definition) is 6. The number of aryl methyl sites for hydroxylation is 1. The number of fused-ring (bicyclic) bond motifs is 1. The summed E-state index contributed by atoms with van der Waals surface area (Å²) in [5.74, 6) is -0.960. The molecule has 2 rings (SSSR count). The molecule has 0 aromatic carbocycles. The van der Waals surface area contributed by atoms with Crippen molar-refractivity contribution in [3.05, 3.63) is 27.2 Å². The molecule has 0 radical (unpaired) electrons. The molecular weight excluding hydrogens is 342 g/mol. The van der Waals surface area contributed by atoms with Gasteiger partial charge in [-0.25, -0.2) is 9.78 Å². The third kappa shape index (κ3) is 3.84. The summed E-state index contributed by atoms with van der Waals surface area (Å²) in [7, 11) is 4.49. The number of imidazole rings is 1. The quantitative estimate of drug-likeness (QED) is 0.597. The zero-order chi connectivity index (χ0) is 19.4. The molecule has 2 aromatic heterocycles. The molecule has 26 heavy (non-hydrogen) atoms. The molecule has 0 atom stereocenters. The van der Waals surface area contributed by atoms with Gasteiger partial charge in [0.25, 0.3) is 11.5 Å². The zero-order valence-electron chi connectivity index (χ0n) is 15.4. The van der Waals surface area contributed by atoms with E-state index in [9.17, 15) is 19.2 Å². The Bertz CT molecular complexity index is 939. The van der Waals surface area contributed by atoms with Crippen LogP contribution in [-0.2, 0) is 35.0 Å². The minimum atomic E-state index is -0.669. The lowest BCUT2D eigenvalue weighted by Gasteiger charge is -2.16. The average Bonchev–Trinajstić information content (AvgIpc) is 3.04. The van der Waals surface area contributed by atoms with E-state index in [1.165, 1.54) is 34.5 Å². The highest BCUT2D eigenvalue weighted by atomic mass is 16.5. The summed E-state index contributed by atoms with van der Waals surface area (Å²) in [5.41, 5.74) is -0.751. The predicted octanol–water partition coefficient (Wildman–Crippen LogP) is -0.765. The highest BCUT2D eigenvalue weighted by Gasteiger charge is 2.17. The second-order valence-corrected chi connectivity index (χ2v) is 6.08. The molecule has 0 fully saturated rings. The second-order valence-electron chi connectivity index (χ2n) is 6.08. The highest BCUT2D eigenvalue weighted by molar-refractivity contribution is 5.81. The lowest BCUT2D eigenvalue weighted by Crippen LogP contribution is -2.37. The number of nitrogens with zero attached hydrogens (tertiary/aromatic N) is 5. The highest BCUT2D eigenvalue weighted by Crippen LogP contribution is 2.05. The van der Waals surface area contributed by atoms with Gasteiger partial charge in [-0.15, -0.1) is 0 Å². The van der Waals surface area contributed by atoms with E-state index in [4.69, 9.17) is 4.74 Å². The standard InChI is InChI=1S/C16H23N5O5/c1-5-6-7-18(2)11(22)9-26-12(23)8-21-10-17-14-13(21)15(24)20(4)16(25)19(14)3/h10H,5-9H2,1-4H3. The first-order valence-corrected chi connectivity index (χ1v) is 8.28. The van der Waals surface area contributed by atoms with E-state index < -0.39 is 17.2 Å². The lowest BCUT2D eigenvalue weighted by molar-refractivity contribution is -0.152. The summed E-state index contributed by atoms with van der Waals surface area (Å²) < 4.78 is 8.47. The third-order valence-electron chi connectivity index (χ3n) is 4.15. The number of unbranched alkanes of at least 4 members (excludes halogenated alkanes) is 1. The van der Waals surface area contributed by atoms with Crippen molar-refractivity contribution in [2.75, 3.05) is 20.2 Å². The van der Waals surface area contributed by atoms with E-state index in [0.29, 0.717) is 6.54 Å². The van der Waals surface area contributed by atoms with Gasteiger partial charge in [-0.2, -0.15) is 0 Å². The van der Waals surface area contributed by atoms with Gasteiger partial charge in [-0.05, 0) is 6.42 Å². The SMILES string of the molecule is CCCCN(C)C(=O)COC(=O)Cn1cnc2c1c(=O)n(C)c(=O)n2C. The van der Waals surface area contributed by atoms with Crippen molar-refractivity contribution < 1.29 is 14.3 Å². The molecule has 0 spiro atoms. The normalized spacial score (nSPS) is 10.9. The fourth-order valence-corrected chi connectivity index (χ4v) is 2.47. The van der Waals surface area contributed by atoms with Gasteiger partial charge < -0.3 is 14.2 Å². The number of rotatable bonds is 7. The van der Waals surface area contributed by atoms with Crippen molar-refractivity contribution in [3.8, 4) is 0 Å². The first-order chi connectivity index (χ1) is 12.3. The van der Waals surface area contributed by atoms with Crippen LogP contribution in [0, 0.1) is 0 Å². The molecule has 142 valence electrons. The molecule has 0 bridgehead atoms. The summed E-state index contributed by atoms with van der Waals surface area (Å²) in [6.07, 6.45) is 3.13. The van der Waals surface area contributed by atoms with Crippen LogP contribution >= 0.6 is 0 Å². The fourth-order valence-electron chi connectivity index (χ4n) is 2.47. The Labute approximate surface area is 149 Å². The predicted molar refractivity (Wildman–Crippen MR) is 93.7 cm³/mol. The van der Waals surface area contributed by atoms with Crippen LogP contribution in [0.15, 0.2) is 15.9 Å². The molecule has 2 heterocycles. The van der Waals surface area contributed by atoms with Crippen molar-refractivity contribution in [2.45, 2.75) is 26.3 Å². The summed E-state index contributed by atoms with van der Waals surface area (Å²) in [4.78, 5) is 53.6. The van der Waals surface area contributed by atoms with Gasteiger partial charge in [0.1, 0.15) is 6.54 Å². The van der Waals surface area contributed by atoms with Crippen LogP contribution in [0.3, 0.4) is 0 Å². The minimum Gasteiger partial charge on any atom is -0.454 e. The van der Waals surface area contributed by atoms with Gasteiger partial charge in [0.05, 0.1) is 6.33 Å². The molecule has 10 heteroatoms. The Kier molecular flexibility index (Phi) is 5.96. The molecule has 2 aromatic rings. The summed E-state index contributed by atoms with van der Waals surface area (Å²) >= 11 is 0. The molecule has 0 unspecified atom stereocenters. The molecule has 1 amide bonds. The molecule has 0 N–H and O–H groups in total. The zero-order valence-corrected chi connectivity index (χ0v) is 15.4. The molecule has 0 saturated heterocycles. The number of carbonyl (C=O) groups is 2. The Morgan fingerprint density at radius 2 is 1.92 bits per heavy atom. The van der Waals surface area contributed by atoms with Gasteiger partial charge in [0.15, 0.2) is 17.8 Å². The number of hydrogen-bond donors (Lipinski definition) is 0. The van der Waals surface area contributed by atoms with E-state index in [-0.39, 0.29) is 30.2 Å².